The first kappa shape index (κ1) is 41.4. The number of benzene rings is 1. The molecule has 0 aromatic heterocycles. The van der Waals surface area contributed by atoms with Crippen LogP contribution in [0.5, 0.6) is 0 Å². The highest BCUT2D eigenvalue weighted by Crippen LogP contribution is 2.37. The lowest BCUT2D eigenvalue weighted by molar-refractivity contribution is 0.275. The minimum atomic E-state index is 0.398. The van der Waals surface area contributed by atoms with Gasteiger partial charge in [0.25, 0.3) is 0 Å². The predicted octanol–water partition coefficient (Wildman–Crippen LogP) is 14.1. The van der Waals surface area contributed by atoms with Crippen molar-refractivity contribution in [1.29, 1.82) is 0 Å². The van der Waals surface area contributed by atoms with Crippen molar-refractivity contribution in [2.45, 2.75) is 182 Å². The van der Waals surface area contributed by atoms with Crippen LogP contribution in [0.4, 0.5) is 0 Å². The molecule has 0 N–H and O–H groups in total. The molecule has 0 spiro atoms. The van der Waals surface area contributed by atoms with Crippen molar-refractivity contribution in [3.05, 3.63) is 35.4 Å². The van der Waals surface area contributed by atoms with E-state index in [1.165, 1.54) is 62.5 Å². The lowest BCUT2D eigenvalue weighted by atomic mass is 9.81. The summed E-state index contributed by atoms with van der Waals surface area (Å²) in [6.45, 7) is 41.2. The van der Waals surface area contributed by atoms with Gasteiger partial charge in [-0.1, -0.05) is 167 Å². The lowest BCUT2D eigenvalue weighted by Crippen LogP contribution is -2.12. The van der Waals surface area contributed by atoms with Gasteiger partial charge in [-0.05, 0) is 89.9 Å². The third kappa shape index (κ3) is 37.2. The Hall–Kier alpha value is -0.780. The number of rotatable bonds is 6. The van der Waals surface area contributed by atoms with Crippen molar-refractivity contribution in [3.63, 3.8) is 0 Å². The molecular weight excluding hydrogens is 480 g/mol. The van der Waals surface area contributed by atoms with Crippen LogP contribution < -0.4 is 0 Å². The van der Waals surface area contributed by atoms with E-state index in [0.29, 0.717) is 27.1 Å². The molecule has 1 aromatic rings. The van der Waals surface area contributed by atoms with E-state index in [2.05, 4.69) is 149 Å². The van der Waals surface area contributed by atoms with Gasteiger partial charge in [-0.3, -0.25) is 0 Å². The third-order valence-corrected chi connectivity index (χ3v) is 6.95. The molecule has 1 aliphatic carbocycles. The van der Waals surface area contributed by atoms with Gasteiger partial charge >= 0.3 is 0 Å². The fourth-order valence-corrected chi connectivity index (χ4v) is 3.83. The molecule has 2 rings (SSSR count). The second-order valence-electron chi connectivity index (χ2n) is 19.4. The maximum absolute atomic E-state index is 2.33. The summed E-state index contributed by atoms with van der Waals surface area (Å²) in [4.78, 5) is 0. The molecule has 0 heterocycles. The third-order valence-electron chi connectivity index (χ3n) is 6.95. The van der Waals surface area contributed by atoms with Crippen molar-refractivity contribution in [1.82, 2.24) is 0 Å². The zero-order chi connectivity index (χ0) is 32.0. The number of hydrogen-bond acceptors (Lipinski definition) is 0. The molecule has 0 radical (unpaired) electrons. The van der Waals surface area contributed by atoms with Crippen molar-refractivity contribution in [2.75, 3.05) is 0 Å². The Kier molecular flexibility index (Phi) is 18.6. The average Bonchev–Trinajstić information content (AvgIpc) is 3.54. The maximum Gasteiger partial charge on any atom is -0.0230 e. The second-order valence-corrected chi connectivity index (χ2v) is 19.4. The molecule has 238 valence electrons. The molecule has 1 saturated carbocycles. The quantitative estimate of drug-likeness (QED) is 0.325. The molecule has 1 aliphatic rings. The van der Waals surface area contributed by atoms with Crippen LogP contribution in [-0.4, -0.2) is 0 Å². The Bertz CT molecular complexity index is 692. The second kappa shape index (κ2) is 18.0. The highest BCUT2D eigenvalue weighted by atomic mass is 14.3. The molecule has 0 amide bonds. The number of hydrogen-bond donors (Lipinski definition) is 0. The summed E-state index contributed by atoms with van der Waals surface area (Å²) in [6.07, 6.45) is 12.4. The van der Waals surface area contributed by atoms with Gasteiger partial charge in [-0.15, -0.1) is 0 Å². The molecule has 0 unspecified atom stereocenters. The van der Waals surface area contributed by atoms with Crippen LogP contribution in [0.25, 0.3) is 0 Å². The monoisotopic (exact) mass is 559 g/mol. The van der Waals surface area contributed by atoms with Gasteiger partial charge in [0.15, 0.2) is 0 Å². The fourth-order valence-electron chi connectivity index (χ4n) is 3.83. The van der Waals surface area contributed by atoms with Gasteiger partial charge < -0.3 is 0 Å². The van der Waals surface area contributed by atoms with Gasteiger partial charge in [0.05, 0.1) is 0 Å². The highest BCUT2D eigenvalue weighted by Gasteiger charge is 2.23. The number of aryl methyl sites for hydroxylation is 1. The predicted molar refractivity (Wildman–Crippen MR) is 187 cm³/mol. The van der Waals surface area contributed by atoms with Gasteiger partial charge in [0.1, 0.15) is 0 Å². The van der Waals surface area contributed by atoms with Crippen molar-refractivity contribution < 1.29 is 0 Å². The normalized spacial score (nSPS) is 14.4. The first-order chi connectivity index (χ1) is 17.7. The average molecular weight is 559 g/mol. The molecule has 0 atom stereocenters. The molecule has 1 aromatic carbocycles. The van der Waals surface area contributed by atoms with E-state index in [1.807, 2.05) is 0 Å². The zero-order valence-corrected chi connectivity index (χ0v) is 31.3. The first-order valence-electron chi connectivity index (χ1n) is 16.7. The molecule has 40 heavy (non-hydrogen) atoms. The molecule has 0 heteroatoms. The zero-order valence-electron chi connectivity index (χ0n) is 31.3. The Morgan fingerprint density at radius 3 is 1.18 bits per heavy atom. The van der Waals surface area contributed by atoms with Gasteiger partial charge in [0.2, 0.25) is 0 Å². The summed E-state index contributed by atoms with van der Waals surface area (Å²) in [5, 5.41) is 0. The van der Waals surface area contributed by atoms with E-state index in [4.69, 9.17) is 0 Å². The lowest BCUT2D eigenvalue weighted by Gasteiger charge is -2.24. The Labute approximate surface area is 256 Å². The smallest absolute Gasteiger partial charge is 0.0230 e. The fraction of sp³-hybridized carbons (Fsp3) is 0.850. The summed E-state index contributed by atoms with van der Waals surface area (Å²) in [7, 11) is 0. The first-order valence-corrected chi connectivity index (χ1v) is 16.7. The summed E-state index contributed by atoms with van der Waals surface area (Å²) in [6, 6.07) is 8.81. The molecule has 0 saturated heterocycles. The summed E-state index contributed by atoms with van der Waals surface area (Å²) >= 11 is 0. The molecular formula is C40H78. The summed E-state index contributed by atoms with van der Waals surface area (Å²) in [5.74, 6) is 1.98. The van der Waals surface area contributed by atoms with E-state index in [9.17, 15) is 0 Å². The largest absolute Gasteiger partial charge is 0.0628 e. The van der Waals surface area contributed by atoms with E-state index >= 15 is 0 Å². The van der Waals surface area contributed by atoms with Crippen LogP contribution in [0, 0.1) is 45.8 Å². The highest BCUT2D eigenvalue weighted by molar-refractivity contribution is 5.22. The minimum absolute atomic E-state index is 0.398. The van der Waals surface area contributed by atoms with Crippen LogP contribution in [-0.2, 0) is 6.42 Å². The Morgan fingerprint density at radius 2 is 0.925 bits per heavy atom. The van der Waals surface area contributed by atoms with Crippen LogP contribution in [0.15, 0.2) is 24.3 Å². The summed E-state index contributed by atoms with van der Waals surface area (Å²) < 4.78 is 0. The van der Waals surface area contributed by atoms with Gasteiger partial charge in [0, 0.05) is 0 Å². The van der Waals surface area contributed by atoms with Crippen LogP contribution in [0.2, 0.25) is 0 Å². The van der Waals surface area contributed by atoms with E-state index < -0.39 is 0 Å². The molecule has 0 aliphatic heterocycles. The van der Waals surface area contributed by atoms with Crippen molar-refractivity contribution in [3.8, 4) is 0 Å². The molecule has 1 fully saturated rings. The van der Waals surface area contributed by atoms with Crippen LogP contribution in [0.3, 0.4) is 0 Å². The van der Waals surface area contributed by atoms with Crippen molar-refractivity contribution >= 4 is 0 Å². The Balaban J connectivity index is 0. The standard InChI is InChI=1S/C12H18.C10H22.C9H18.C9H20/c1-10-5-7-11(8-6-10)9-12(2,3)4;1-9(2,3)7-8-10(4,5)6;1-9(2,3)7-6-8-4-5-8;1-8(2)6-7-9(3,4)5/h5-8H,9H2,1-4H3;7-8H2,1-6H3;8H,4-7H2,1-3H3;8H,6-7H2,1-5H3. The Morgan fingerprint density at radius 1 is 0.550 bits per heavy atom. The SMILES string of the molecule is CC(C)(C)CCC(C)(C)C.CC(C)(C)CCC1CC1.CC(C)CCC(C)(C)C.Cc1ccc(CC(C)(C)C)cc1. The van der Waals surface area contributed by atoms with Crippen molar-refractivity contribution in [2.24, 2.45) is 38.9 Å². The summed E-state index contributed by atoms with van der Waals surface area (Å²) in [5.41, 5.74) is 5.30. The molecule has 0 bridgehead atoms. The molecule has 0 nitrogen and oxygen atoms in total. The topological polar surface area (TPSA) is 0 Å². The minimum Gasteiger partial charge on any atom is -0.0628 e. The van der Waals surface area contributed by atoms with Crippen LogP contribution >= 0.6 is 0 Å². The van der Waals surface area contributed by atoms with Gasteiger partial charge in [-0.25, -0.2) is 0 Å². The maximum atomic E-state index is 2.33. The van der Waals surface area contributed by atoms with Crippen LogP contribution in [0.1, 0.15) is 180 Å². The van der Waals surface area contributed by atoms with E-state index in [0.717, 1.165) is 18.3 Å². The van der Waals surface area contributed by atoms with Gasteiger partial charge in [-0.2, -0.15) is 0 Å². The van der Waals surface area contributed by atoms with E-state index in [1.54, 1.807) is 0 Å². The van der Waals surface area contributed by atoms with E-state index in [-0.39, 0.29) is 0 Å².